The first kappa shape index (κ1) is 14.7. The summed E-state index contributed by atoms with van der Waals surface area (Å²) in [5.41, 5.74) is -0.0829. The van der Waals surface area contributed by atoms with Crippen LogP contribution in [0.2, 0.25) is 0 Å². The minimum atomic E-state index is -4.37. The Morgan fingerprint density at radius 3 is 2.44 bits per heavy atom. The molecular formula is C10H11F3N2O2S. The second-order valence-corrected chi connectivity index (χ2v) is 4.43. The van der Waals surface area contributed by atoms with Crippen LogP contribution in [0.3, 0.4) is 0 Å². The number of carboxylic acid groups (broad SMARTS) is 1. The zero-order valence-corrected chi connectivity index (χ0v) is 10.5. The van der Waals surface area contributed by atoms with Crippen LogP contribution >= 0.6 is 11.8 Å². The molecule has 0 aliphatic rings. The van der Waals surface area contributed by atoms with E-state index in [1.165, 1.54) is 6.92 Å². The van der Waals surface area contributed by atoms with E-state index in [0.717, 1.165) is 0 Å². The van der Waals surface area contributed by atoms with Crippen molar-refractivity contribution in [2.24, 2.45) is 0 Å². The third kappa shape index (κ3) is 3.86. The minimum Gasteiger partial charge on any atom is -0.478 e. The maximum atomic E-state index is 12.1. The SMILES string of the molecule is CCc1nc(C)c(C(=O)O)c(SCC(F)(F)F)n1. The number of carbonyl (C=O) groups is 1. The molecule has 1 heterocycles. The second kappa shape index (κ2) is 5.55. The van der Waals surface area contributed by atoms with E-state index < -0.39 is 17.9 Å². The van der Waals surface area contributed by atoms with Gasteiger partial charge in [0, 0.05) is 6.42 Å². The summed E-state index contributed by atoms with van der Waals surface area (Å²) < 4.78 is 36.4. The highest BCUT2D eigenvalue weighted by atomic mass is 32.2. The van der Waals surface area contributed by atoms with Crippen molar-refractivity contribution in [1.29, 1.82) is 0 Å². The smallest absolute Gasteiger partial charge is 0.398 e. The van der Waals surface area contributed by atoms with E-state index in [1.54, 1.807) is 6.92 Å². The number of alkyl halides is 3. The molecule has 0 saturated carbocycles. The fourth-order valence-electron chi connectivity index (χ4n) is 1.26. The zero-order valence-electron chi connectivity index (χ0n) is 9.71. The van der Waals surface area contributed by atoms with Crippen LogP contribution in [0, 0.1) is 6.92 Å². The van der Waals surface area contributed by atoms with E-state index in [2.05, 4.69) is 9.97 Å². The molecular weight excluding hydrogens is 269 g/mol. The van der Waals surface area contributed by atoms with Gasteiger partial charge in [-0.25, -0.2) is 14.8 Å². The lowest BCUT2D eigenvalue weighted by molar-refractivity contribution is -0.105. The lowest BCUT2D eigenvalue weighted by Crippen LogP contribution is -2.14. The highest BCUT2D eigenvalue weighted by Crippen LogP contribution is 2.29. The first-order chi connectivity index (χ1) is 8.24. The molecule has 1 rings (SSSR count). The van der Waals surface area contributed by atoms with Gasteiger partial charge >= 0.3 is 12.1 Å². The zero-order chi connectivity index (χ0) is 13.9. The quantitative estimate of drug-likeness (QED) is 0.678. The lowest BCUT2D eigenvalue weighted by Gasteiger charge is -2.10. The summed E-state index contributed by atoms with van der Waals surface area (Å²) in [7, 11) is 0. The van der Waals surface area contributed by atoms with Crippen LogP contribution in [0.15, 0.2) is 5.03 Å². The maximum Gasteiger partial charge on any atom is 0.398 e. The van der Waals surface area contributed by atoms with Crippen molar-refractivity contribution in [2.45, 2.75) is 31.5 Å². The Labute approximate surface area is 106 Å². The fraction of sp³-hybridized carbons (Fsp3) is 0.500. The molecule has 0 aliphatic carbocycles. The van der Waals surface area contributed by atoms with Gasteiger partial charge in [-0.15, -0.1) is 0 Å². The molecule has 0 spiro atoms. The van der Waals surface area contributed by atoms with Gasteiger partial charge in [0.1, 0.15) is 16.4 Å². The van der Waals surface area contributed by atoms with E-state index >= 15 is 0 Å². The number of carboxylic acids is 1. The Kier molecular flexibility index (Phi) is 4.55. The van der Waals surface area contributed by atoms with Gasteiger partial charge in [-0.3, -0.25) is 0 Å². The molecule has 4 nitrogen and oxygen atoms in total. The largest absolute Gasteiger partial charge is 0.478 e. The highest BCUT2D eigenvalue weighted by Gasteiger charge is 2.29. The molecule has 18 heavy (non-hydrogen) atoms. The molecule has 1 aromatic rings. The number of hydrogen-bond donors (Lipinski definition) is 1. The van der Waals surface area contributed by atoms with Crippen molar-refractivity contribution in [3.8, 4) is 0 Å². The summed E-state index contributed by atoms with van der Waals surface area (Å²) >= 11 is 0.369. The van der Waals surface area contributed by atoms with Crippen LogP contribution in [0.1, 0.15) is 28.8 Å². The number of aryl methyl sites for hydroxylation is 2. The summed E-state index contributed by atoms with van der Waals surface area (Å²) in [6, 6.07) is 0. The molecule has 0 amide bonds. The molecule has 0 fully saturated rings. The maximum absolute atomic E-state index is 12.1. The molecule has 1 aromatic heterocycles. The highest BCUT2D eigenvalue weighted by molar-refractivity contribution is 7.99. The van der Waals surface area contributed by atoms with Gasteiger partial charge in [0.2, 0.25) is 0 Å². The van der Waals surface area contributed by atoms with Crippen molar-refractivity contribution in [3.63, 3.8) is 0 Å². The number of thioether (sulfide) groups is 1. The molecule has 0 atom stereocenters. The standard InChI is InChI=1S/C10H11F3N2O2S/c1-3-6-14-5(2)7(9(16)17)8(15-6)18-4-10(11,12)13/h3-4H2,1-2H3,(H,16,17). The van der Waals surface area contributed by atoms with Gasteiger partial charge in [0.05, 0.1) is 11.4 Å². The minimum absolute atomic E-state index is 0.135. The summed E-state index contributed by atoms with van der Waals surface area (Å²) in [6.45, 7) is 3.19. The molecule has 0 bridgehead atoms. The third-order valence-corrected chi connectivity index (χ3v) is 3.05. The Hall–Kier alpha value is -1.31. The van der Waals surface area contributed by atoms with Crippen LogP contribution in [0.4, 0.5) is 13.2 Å². The second-order valence-electron chi connectivity index (χ2n) is 3.47. The molecule has 0 unspecified atom stereocenters. The van der Waals surface area contributed by atoms with E-state index in [-0.39, 0.29) is 16.3 Å². The van der Waals surface area contributed by atoms with Crippen LogP contribution in [-0.4, -0.2) is 33.0 Å². The van der Waals surface area contributed by atoms with Gasteiger partial charge in [0.25, 0.3) is 0 Å². The summed E-state index contributed by atoms with van der Waals surface area (Å²) in [6.07, 6.45) is -3.94. The molecule has 1 N–H and O–H groups in total. The Morgan fingerprint density at radius 1 is 1.39 bits per heavy atom. The van der Waals surface area contributed by atoms with Gasteiger partial charge < -0.3 is 5.11 Å². The number of aromatic carboxylic acids is 1. The van der Waals surface area contributed by atoms with Gasteiger partial charge in [-0.2, -0.15) is 13.2 Å². The van der Waals surface area contributed by atoms with Crippen molar-refractivity contribution < 1.29 is 23.1 Å². The van der Waals surface area contributed by atoms with Crippen LogP contribution in [0.5, 0.6) is 0 Å². The number of nitrogens with zero attached hydrogens (tertiary/aromatic N) is 2. The van der Waals surface area contributed by atoms with E-state index in [0.29, 0.717) is 24.0 Å². The van der Waals surface area contributed by atoms with Crippen molar-refractivity contribution in [3.05, 3.63) is 17.1 Å². The number of rotatable bonds is 4. The Bertz CT molecular complexity index is 463. The van der Waals surface area contributed by atoms with Crippen molar-refractivity contribution in [2.75, 3.05) is 5.75 Å². The van der Waals surface area contributed by atoms with Gasteiger partial charge in [-0.05, 0) is 6.92 Å². The Morgan fingerprint density at radius 2 is 2.00 bits per heavy atom. The third-order valence-electron chi connectivity index (χ3n) is 2.01. The average Bonchev–Trinajstić information content (AvgIpc) is 2.23. The summed E-state index contributed by atoms with van der Waals surface area (Å²) in [4.78, 5) is 18.8. The molecule has 0 saturated heterocycles. The molecule has 8 heteroatoms. The van der Waals surface area contributed by atoms with Crippen molar-refractivity contribution in [1.82, 2.24) is 9.97 Å². The summed E-state index contributed by atoms with van der Waals surface area (Å²) in [5.74, 6) is -2.16. The van der Waals surface area contributed by atoms with Gasteiger partial charge in [-0.1, -0.05) is 18.7 Å². The fourth-order valence-corrected chi connectivity index (χ4v) is 2.11. The van der Waals surface area contributed by atoms with E-state index in [9.17, 15) is 18.0 Å². The molecule has 0 aliphatic heterocycles. The topological polar surface area (TPSA) is 63.1 Å². The average molecular weight is 280 g/mol. The van der Waals surface area contributed by atoms with E-state index in [1.807, 2.05) is 0 Å². The van der Waals surface area contributed by atoms with Crippen LogP contribution in [0.25, 0.3) is 0 Å². The van der Waals surface area contributed by atoms with Crippen molar-refractivity contribution >= 4 is 17.7 Å². The predicted molar refractivity (Wildman–Crippen MR) is 59.9 cm³/mol. The molecule has 100 valence electrons. The monoisotopic (exact) mass is 280 g/mol. The molecule has 0 aromatic carbocycles. The Balaban J connectivity index is 3.13. The number of aromatic nitrogens is 2. The first-order valence-electron chi connectivity index (χ1n) is 5.05. The predicted octanol–water partition coefficient (Wildman–Crippen LogP) is 2.70. The van der Waals surface area contributed by atoms with E-state index in [4.69, 9.17) is 5.11 Å². The van der Waals surface area contributed by atoms with Crippen LogP contribution < -0.4 is 0 Å². The number of halogens is 3. The number of hydrogen-bond acceptors (Lipinski definition) is 4. The van der Waals surface area contributed by atoms with Crippen LogP contribution in [-0.2, 0) is 6.42 Å². The lowest BCUT2D eigenvalue weighted by atomic mass is 10.2. The summed E-state index contributed by atoms with van der Waals surface area (Å²) in [5, 5.41) is 8.83. The first-order valence-corrected chi connectivity index (χ1v) is 6.03. The van der Waals surface area contributed by atoms with Gasteiger partial charge in [0.15, 0.2) is 0 Å². The normalized spacial score (nSPS) is 11.6. The molecule has 0 radical (unpaired) electrons.